The highest BCUT2D eigenvalue weighted by Gasteiger charge is 2.14. The molecule has 1 heterocycles. The lowest BCUT2D eigenvalue weighted by atomic mass is 10.1. The molecule has 1 atom stereocenters. The van der Waals surface area contributed by atoms with Crippen LogP contribution in [-0.2, 0) is 0 Å². The molecule has 1 N–H and O–H groups in total. The molecule has 1 aliphatic rings. The Kier molecular flexibility index (Phi) is 4.24. The van der Waals surface area contributed by atoms with E-state index < -0.39 is 0 Å². The quantitative estimate of drug-likeness (QED) is 0.892. The van der Waals surface area contributed by atoms with Crippen molar-refractivity contribution in [2.45, 2.75) is 6.42 Å². The third-order valence-corrected chi connectivity index (χ3v) is 4.31. The first-order valence-electron chi connectivity index (χ1n) is 5.45. The van der Waals surface area contributed by atoms with Crippen molar-refractivity contribution in [1.29, 1.82) is 0 Å². The lowest BCUT2D eigenvalue weighted by molar-refractivity contribution is 0.415. The number of nitrogens with one attached hydrogen (secondary N) is 1. The van der Waals surface area contributed by atoms with Crippen molar-refractivity contribution in [2.75, 3.05) is 30.5 Å². The highest BCUT2D eigenvalue weighted by atomic mass is 35.5. The zero-order valence-electron chi connectivity index (χ0n) is 9.33. The number of methoxy groups -OCH3 is 1. The van der Waals surface area contributed by atoms with Gasteiger partial charge in [0.2, 0.25) is 0 Å². The molecule has 1 fully saturated rings. The molecule has 0 aliphatic carbocycles. The number of ether oxygens (including phenoxy) is 1. The van der Waals surface area contributed by atoms with Crippen molar-refractivity contribution < 1.29 is 4.74 Å². The van der Waals surface area contributed by atoms with Gasteiger partial charge >= 0.3 is 0 Å². The van der Waals surface area contributed by atoms with Crippen molar-refractivity contribution in [3.63, 3.8) is 0 Å². The standard InChI is InChI=1S/C12H16ClNOS/c1-15-12-6-10(2-3-11(12)13)14-7-9-4-5-16-8-9/h2-3,6,9,14H,4-5,7-8H2,1H3. The molecule has 1 aromatic rings. The number of benzene rings is 1. The summed E-state index contributed by atoms with van der Waals surface area (Å²) >= 11 is 8.01. The number of halogens is 1. The van der Waals surface area contributed by atoms with E-state index in [4.69, 9.17) is 16.3 Å². The van der Waals surface area contributed by atoms with Crippen LogP contribution in [0.2, 0.25) is 5.02 Å². The molecule has 0 saturated carbocycles. The van der Waals surface area contributed by atoms with Gasteiger partial charge in [-0.1, -0.05) is 11.6 Å². The van der Waals surface area contributed by atoms with E-state index in [2.05, 4.69) is 5.32 Å². The predicted molar refractivity (Wildman–Crippen MR) is 71.9 cm³/mol. The largest absolute Gasteiger partial charge is 0.495 e. The predicted octanol–water partition coefficient (Wildman–Crippen LogP) is 3.51. The van der Waals surface area contributed by atoms with Crippen LogP contribution in [-0.4, -0.2) is 25.2 Å². The molecule has 1 saturated heterocycles. The van der Waals surface area contributed by atoms with Gasteiger partial charge < -0.3 is 10.1 Å². The van der Waals surface area contributed by atoms with E-state index in [1.165, 1.54) is 17.9 Å². The zero-order valence-corrected chi connectivity index (χ0v) is 10.9. The topological polar surface area (TPSA) is 21.3 Å². The molecule has 2 nitrogen and oxygen atoms in total. The zero-order chi connectivity index (χ0) is 11.4. The fourth-order valence-corrected chi connectivity index (χ4v) is 3.26. The molecule has 1 unspecified atom stereocenters. The highest BCUT2D eigenvalue weighted by Crippen LogP contribution is 2.28. The maximum atomic E-state index is 5.97. The monoisotopic (exact) mass is 257 g/mol. The molecule has 88 valence electrons. The number of hydrogen-bond acceptors (Lipinski definition) is 3. The molecule has 0 amide bonds. The molecule has 0 bridgehead atoms. The van der Waals surface area contributed by atoms with Crippen LogP contribution < -0.4 is 10.1 Å². The Labute approximate surface area is 106 Å². The molecule has 0 radical (unpaired) electrons. The van der Waals surface area contributed by atoms with Gasteiger partial charge in [0.25, 0.3) is 0 Å². The number of rotatable bonds is 4. The van der Waals surface area contributed by atoms with Crippen LogP contribution in [0.3, 0.4) is 0 Å². The van der Waals surface area contributed by atoms with E-state index in [1.54, 1.807) is 7.11 Å². The smallest absolute Gasteiger partial charge is 0.139 e. The van der Waals surface area contributed by atoms with Crippen molar-refractivity contribution in [1.82, 2.24) is 0 Å². The molecule has 0 aromatic heterocycles. The fourth-order valence-electron chi connectivity index (χ4n) is 1.78. The van der Waals surface area contributed by atoms with Gasteiger partial charge in [-0.2, -0.15) is 11.8 Å². The molecule has 1 aliphatic heterocycles. The first-order valence-corrected chi connectivity index (χ1v) is 6.98. The van der Waals surface area contributed by atoms with Crippen LogP contribution >= 0.6 is 23.4 Å². The summed E-state index contributed by atoms with van der Waals surface area (Å²) in [6.45, 7) is 1.04. The van der Waals surface area contributed by atoms with E-state index >= 15 is 0 Å². The second-order valence-corrected chi connectivity index (χ2v) is 5.52. The lowest BCUT2D eigenvalue weighted by Gasteiger charge is -2.12. The second-order valence-electron chi connectivity index (χ2n) is 3.96. The van der Waals surface area contributed by atoms with E-state index in [0.717, 1.165) is 23.9 Å². The minimum atomic E-state index is 0.657. The van der Waals surface area contributed by atoms with Crippen LogP contribution in [0.1, 0.15) is 6.42 Å². The van der Waals surface area contributed by atoms with Gasteiger partial charge in [-0.05, 0) is 36.0 Å². The van der Waals surface area contributed by atoms with Gasteiger partial charge in [-0.3, -0.25) is 0 Å². The molecule has 4 heteroatoms. The summed E-state index contributed by atoms with van der Waals surface area (Å²) in [5.41, 5.74) is 1.08. The Morgan fingerprint density at radius 1 is 1.56 bits per heavy atom. The van der Waals surface area contributed by atoms with Crippen LogP contribution in [0.4, 0.5) is 5.69 Å². The van der Waals surface area contributed by atoms with Gasteiger partial charge in [-0.25, -0.2) is 0 Å². The van der Waals surface area contributed by atoms with Crippen molar-refractivity contribution in [2.24, 2.45) is 5.92 Å². The van der Waals surface area contributed by atoms with Gasteiger partial charge in [0.15, 0.2) is 0 Å². The lowest BCUT2D eigenvalue weighted by Crippen LogP contribution is -2.13. The number of thioether (sulfide) groups is 1. The minimum Gasteiger partial charge on any atom is -0.495 e. The average molecular weight is 258 g/mol. The summed E-state index contributed by atoms with van der Waals surface area (Å²) in [7, 11) is 1.64. The maximum Gasteiger partial charge on any atom is 0.139 e. The van der Waals surface area contributed by atoms with E-state index in [0.29, 0.717) is 5.02 Å². The third kappa shape index (κ3) is 2.98. The second kappa shape index (κ2) is 5.69. The van der Waals surface area contributed by atoms with E-state index in [-0.39, 0.29) is 0 Å². The molecule has 0 spiro atoms. The molecule has 16 heavy (non-hydrogen) atoms. The van der Waals surface area contributed by atoms with Crippen molar-refractivity contribution in [3.8, 4) is 5.75 Å². The first kappa shape index (κ1) is 11.9. The summed E-state index contributed by atoms with van der Waals surface area (Å²) in [6.07, 6.45) is 1.32. The fraction of sp³-hybridized carbons (Fsp3) is 0.500. The van der Waals surface area contributed by atoms with Crippen molar-refractivity contribution in [3.05, 3.63) is 23.2 Å². The normalized spacial score (nSPS) is 19.8. The van der Waals surface area contributed by atoms with Gasteiger partial charge in [0.1, 0.15) is 5.75 Å². The Morgan fingerprint density at radius 3 is 3.12 bits per heavy atom. The van der Waals surface area contributed by atoms with Crippen LogP contribution in [0.15, 0.2) is 18.2 Å². The summed E-state index contributed by atoms with van der Waals surface area (Å²) in [4.78, 5) is 0. The number of hydrogen-bond donors (Lipinski definition) is 1. The average Bonchev–Trinajstić information content (AvgIpc) is 2.81. The summed E-state index contributed by atoms with van der Waals surface area (Å²) in [5.74, 6) is 4.10. The first-order chi connectivity index (χ1) is 7.79. The van der Waals surface area contributed by atoms with Crippen molar-refractivity contribution >= 4 is 29.1 Å². The van der Waals surface area contributed by atoms with Crippen LogP contribution in [0, 0.1) is 5.92 Å². The van der Waals surface area contributed by atoms with Crippen LogP contribution in [0.5, 0.6) is 5.75 Å². The van der Waals surface area contributed by atoms with Gasteiger partial charge in [0.05, 0.1) is 12.1 Å². The third-order valence-electron chi connectivity index (χ3n) is 2.77. The van der Waals surface area contributed by atoms with Gasteiger partial charge in [-0.15, -0.1) is 0 Å². The minimum absolute atomic E-state index is 0.657. The molecule has 1 aromatic carbocycles. The summed E-state index contributed by atoms with van der Waals surface area (Å²) in [5, 5.41) is 4.09. The van der Waals surface area contributed by atoms with E-state index in [9.17, 15) is 0 Å². The SMILES string of the molecule is COc1cc(NCC2CCSC2)ccc1Cl. The Balaban J connectivity index is 1.93. The summed E-state index contributed by atoms with van der Waals surface area (Å²) < 4.78 is 5.18. The van der Waals surface area contributed by atoms with Crippen LogP contribution in [0.25, 0.3) is 0 Å². The summed E-state index contributed by atoms with van der Waals surface area (Å²) in [6, 6.07) is 5.81. The van der Waals surface area contributed by atoms with Gasteiger partial charge in [0, 0.05) is 18.3 Å². The van der Waals surface area contributed by atoms with E-state index in [1.807, 2.05) is 30.0 Å². The molecular weight excluding hydrogens is 242 g/mol. The maximum absolute atomic E-state index is 5.97. The Hall–Kier alpha value is -0.540. The number of anilines is 1. The highest BCUT2D eigenvalue weighted by molar-refractivity contribution is 7.99. The Bertz CT molecular complexity index is 353. The molecule has 2 rings (SSSR count). The Morgan fingerprint density at radius 2 is 2.44 bits per heavy atom. The molecular formula is C12H16ClNOS.